The van der Waals surface area contributed by atoms with Crippen LogP contribution >= 0.6 is 0 Å². The topological polar surface area (TPSA) is 50.8 Å². The van der Waals surface area contributed by atoms with Crippen molar-refractivity contribution in [2.75, 3.05) is 27.3 Å². The van der Waals surface area contributed by atoms with Gasteiger partial charge in [0, 0.05) is 12.1 Å². The molecule has 5 nitrogen and oxygen atoms in total. The number of likely N-dealkylation sites (tertiary alicyclic amines) is 1. The molecular formula is C25H34N2O3. The van der Waals surface area contributed by atoms with Gasteiger partial charge in [-0.3, -0.25) is 9.69 Å². The number of nitrogens with zero attached hydrogens (tertiary/aromatic N) is 1. The van der Waals surface area contributed by atoms with E-state index in [0.717, 1.165) is 37.5 Å². The van der Waals surface area contributed by atoms with Gasteiger partial charge >= 0.3 is 0 Å². The van der Waals surface area contributed by atoms with E-state index in [1.165, 1.54) is 18.4 Å². The third kappa shape index (κ3) is 5.54. The summed E-state index contributed by atoms with van der Waals surface area (Å²) in [5, 5.41) is 3.15. The molecule has 1 heterocycles. The van der Waals surface area contributed by atoms with E-state index in [9.17, 15) is 4.79 Å². The van der Waals surface area contributed by atoms with E-state index in [1.807, 2.05) is 30.3 Å². The van der Waals surface area contributed by atoms with Crippen molar-refractivity contribution in [2.24, 2.45) is 5.92 Å². The van der Waals surface area contributed by atoms with Crippen LogP contribution in [0.4, 0.5) is 0 Å². The highest BCUT2D eigenvalue weighted by molar-refractivity contribution is 5.94. The zero-order chi connectivity index (χ0) is 21.5. The second-order valence-electron chi connectivity index (χ2n) is 8.20. The van der Waals surface area contributed by atoms with Gasteiger partial charge in [0.2, 0.25) is 0 Å². The van der Waals surface area contributed by atoms with Crippen LogP contribution in [0.3, 0.4) is 0 Å². The summed E-state index contributed by atoms with van der Waals surface area (Å²) in [6.07, 6.45) is 3.33. The summed E-state index contributed by atoms with van der Waals surface area (Å²) in [5.41, 5.74) is 2.94. The first-order valence-corrected chi connectivity index (χ1v) is 10.9. The van der Waals surface area contributed by atoms with Gasteiger partial charge in [0.1, 0.15) is 0 Å². The Labute approximate surface area is 180 Å². The molecule has 1 fully saturated rings. The molecule has 0 aromatic heterocycles. The lowest BCUT2D eigenvalue weighted by molar-refractivity contribution is 0.0935. The van der Waals surface area contributed by atoms with Crippen LogP contribution in [0.15, 0.2) is 42.5 Å². The van der Waals surface area contributed by atoms with Gasteiger partial charge in [0.25, 0.3) is 5.91 Å². The summed E-state index contributed by atoms with van der Waals surface area (Å²) in [6.45, 7) is 7.66. The third-order valence-corrected chi connectivity index (χ3v) is 6.02. The quantitative estimate of drug-likeness (QED) is 0.678. The molecule has 1 aliphatic heterocycles. The van der Waals surface area contributed by atoms with Crippen molar-refractivity contribution in [3.63, 3.8) is 0 Å². The number of methoxy groups -OCH3 is 2. The largest absolute Gasteiger partial charge is 0.493 e. The maximum atomic E-state index is 12.8. The number of hydrogen-bond acceptors (Lipinski definition) is 4. The second-order valence-corrected chi connectivity index (χ2v) is 8.20. The Balaban J connectivity index is 1.62. The normalized spacial score (nSPS) is 16.1. The second kappa shape index (κ2) is 10.5. The SMILES string of the molecule is CCC(NC(=O)c1ccc(CN2CCC(C)CC2)cc1)c1ccc(OC)c(OC)c1. The van der Waals surface area contributed by atoms with Gasteiger partial charge in [-0.25, -0.2) is 0 Å². The highest BCUT2D eigenvalue weighted by Gasteiger charge is 2.18. The number of hydrogen-bond donors (Lipinski definition) is 1. The van der Waals surface area contributed by atoms with Crippen LogP contribution in [0.5, 0.6) is 11.5 Å². The van der Waals surface area contributed by atoms with E-state index in [1.54, 1.807) is 14.2 Å². The van der Waals surface area contributed by atoms with Crippen LogP contribution in [0.2, 0.25) is 0 Å². The lowest BCUT2D eigenvalue weighted by atomic mass is 9.98. The van der Waals surface area contributed by atoms with Crippen molar-refractivity contribution in [1.29, 1.82) is 0 Å². The number of rotatable bonds is 8. The molecule has 1 amide bonds. The molecule has 0 radical (unpaired) electrons. The number of carbonyl (C=O) groups is 1. The number of benzene rings is 2. The predicted octanol–water partition coefficient (Wildman–Crippen LogP) is 4.82. The monoisotopic (exact) mass is 410 g/mol. The zero-order valence-electron chi connectivity index (χ0n) is 18.6. The maximum Gasteiger partial charge on any atom is 0.251 e. The van der Waals surface area contributed by atoms with Crippen molar-refractivity contribution in [3.8, 4) is 11.5 Å². The molecule has 30 heavy (non-hydrogen) atoms. The Bertz CT molecular complexity index is 827. The third-order valence-electron chi connectivity index (χ3n) is 6.02. The van der Waals surface area contributed by atoms with E-state index in [-0.39, 0.29) is 11.9 Å². The van der Waals surface area contributed by atoms with Crippen LogP contribution < -0.4 is 14.8 Å². The van der Waals surface area contributed by atoms with Gasteiger partial charge in [0.05, 0.1) is 20.3 Å². The van der Waals surface area contributed by atoms with Crippen molar-refractivity contribution in [3.05, 3.63) is 59.2 Å². The molecule has 1 N–H and O–H groups in total. The van der Waals surface area contributed by atoms with Crippen molar-refractivity contribution >= 4 is 5.91 Å². The molecule has 0 bridgehead atoms. The number of piperidine rings is 1. The van der Waals surface area contributed by atoms with E-state index in [2.05, 4.69) is 36.2 Å². The van der Waals surface area contributed by atoms with Crippen molar-refractivity contribution < 1.29 is 14.3 Å². The van der Waals surface area contributed by atoms with E-state index < -0.39 is 0 Å². The minimum absolute atomic E-state index is 0.0602. The first-order chi connectivity index (χ1) is 14.5. The fourth-order valence-electron chi connectivity index (χ4n) is 3.97. The van der Waals surface area contributed by atoms with Gasteiger partial charge in [-0.05, 0) is 73.7 Å². The Morgan fingerprint density at radius 2 is 1.73 bits per heavy atom. The molecule has 162 valence electrons. The molecule has 1 saturated heterocycles. The highest BCUT2D eigenvalue weighted by Crippen LogP contribution is 2.31. The van der Waals surface area contributed by atoms with Crippen molar-refractivity contribution in [2.45, 2.75) is 45.7 Å². The van der Waals surface area contributed by atoms with Gasteiger partial charge in [-0.15, -0.1) is 0 Å². The summed E-state index contributed by atoms with van der Waals surface area (Å²) in [7, 11) is 3.24. The average Bonchev–Trinajstić information content (AvgIpc) is 2.78. The minimum atomic E-state index is -0.0904. The lowest BCUT2D eigenvalue weighted by Crippen LogP contribution is -2.32. The molecule has 1 atom stereocenters. The van der Waals surface area contributed by atoms with Crippen LogP contribution in [-0.4, -0.2) is 38.1 Å². The molecule has 1 unspecified atom stereocenters. The van der Waals surface area contributed by atoms with Crippen LogP contribution in [0.25, 0.3) is 0 Å². The zero-order valence-corrected chi connectivity index (χ0v) is 18.6. The molecule has 3 rings (SSSR count). The fourth-order valence-corrected chi connectivity index (χ4v) is 3.97. The van der Waals surface area contributed by atoms with Gasteiger partial charge in [-0.1, -0.05) is 32.0 Å². The van der Waals surface area contributed by atoms with Gasteiger partial charge in [-0.2, -0.15) is 0 Å². The van der Waals surface area contributed by atoms with E-state index in [4.69, 9.17) is 9.47 Å². The Morgan fingerprint density at radius 3 is 2.33 bits per heavy atom. The molecule has 2 aromatic rings. The number of carbonyl (C=O) groups excluding carboxylic acids is 1. The summed E-state index contributed by atoms with van der Waals surface area (Å²) in [5.74, 6) is 2.12. The Morgan fingerprint density at radius 1 is 1.07 bits per heavy atom. The number of nitrogens with one attached hydrogen (secondary N) is 1. The summed E-state index contributed by atoms with van der Waals surface area (Å²) >= 11 is 0. The standard InChI is InChI=1S/C25H34N2O3/c1-5-22(21-10-11-23(29-3)24(16-21)30-4)26-25(28)20-8-6-19(7-9-20)17-27-14-12-18(2)13-15-27/h6-11,16,18,22H,5,12-15,17H2,1-4H3,(H,26,28). The summed E-state index contributed by atoms with van der Waals surface area (Å²) in [6, 6.07) is 13.7. The summed E-state index contributed by atoms with van der Waals surface area (Å²) < 4.78 is 10.7. The lowest BCUT2D eigenvalue weighted by Gasteiger charge is -2.30. The van der Waals surface area contributed by atoms with Gasteiger partial charge < -0.3 is 14.8 Å². The van der Waals surface area contributed by atoms with Crippen LogP contribution in [-0.2, 0) is 6.54 Å². The molecule has 2 aromatic carbocycles. The minimum Gasteiger partial charge on any atom is -0.493 e. The van der Waals surface area contributed by atoms with E-state index >= 15 is 0 Å². The van der Waals surface area contributed by atoms with Crippen LogP contribution in [0.1, 0.15) is 60.6 Å². The molecule has 1 aliphatic rings. The molecule has 5 heteroatoms. The molecule has 0 saturated carbocycles. The predicted molar refractivity (Wildman–Crippen MR) is 120 cm³/mol. The Hall–Kier alpha value is -2.53. The first-order valence-electron chi connectivity index (χ1n) is 10.9. The molecular weight excluding hydrogens is 376 g/mol. The smallest absolute Gasteiger partial charge is 0.251 e. The van der Waals surface area contributed by atoms with E-state index in [0.29, 0.717) is 17.1 Å². The number of amides is 1. The van der Waals surface area contributed by atoms with Crippen molar-refractivity contribution in [1.82, 2.24) is 10.2 Å². The molecule has 0 spiro atoms. The fraction of sp³-hybridized carbons (Fsp3) is 0.480. The molecule has 0 aliphatic carbocycles. The Kier molecular flexibility index (Phi) is 7.75. The number of ether oxygens (including phenoxy) is 2. The maximum absolute atomic E-state index is 12.8. The highest BCUT2D eigenvalue weighted by atomic mass is 16.5. The first kappa shape index (κ1) is 22.2. The summed E-state index contributed by atoms with van der Waals surface area (Å²) in [4.78, 5) is 15.3. The average molecular weight is 411 g/mol. The van der Waals surface area contributed by atoms with Gasteiger partial charge in [0.15, 0.2) is 11.5 Å². The van der Waals surface area contributed by atoms with Crippen LogP contribution in [0, 0.1) is 5.92 Å².